The Kier molecular flexibility index (Phi) is 4.76. The van der Waals surface area contributed by atoms with Gasteiger partial charge in [0.1, 0.15) is 0 Å². The number of carbonyl (C=O) groups is 1. The fraction of sp³-hybridized carbons (Fsp3) is 0.238. The SMILES string of the molecule is O=C(CCc1ncc(-c2ccccc2Cl)o1)N1CCc2ccccc2C1. The summed E-state index contributed by atoms with van der Waals surface area (Å²) in [6.45, 7) is 1.46. The molecule has 3 aromatic rings. The summed E-state index contributed by atoms with van der Waals surface area (Å²) in [5.74, 6) is 1.33. The van der Waals surface area contributed by atoms with Crippen LogP contribution in [0.1, 0.15) is 23.4 Å². The molecule has 0 N–H and O–H groups in total. The highest BCUT2D eigenvalue weighted by molar-refractivity contribution is 6.33. The maximum absolute atomic E-state index is 12.5. The Labute approximate surface area is 157 Å². The van der Waals surface area contributed by atoms with E-state index in [1.807, 2.05) is 35.2 Å². The van der Waals surface area contributed by atoms with Crippen LogP contribution in [0.2, 0.25) is 5.02 Å². The van der Waals surface area contributed by atoms with Gasteiger partial charge in [-0.25, -0.2) is 4.98 Å². The van der Waals surface area contributed by atoms with Crippen molar-refractivity contribution in [3.8, 4) is 11.3 Å². The predicted octanol–water partition coefficient (Wildman–Crippen LogP) is 4.51. The summed E-state index contributed by atoms with van der Waals surface area (Å²) in [4.78, 5) is 18.8. The Morgan fingerprint density at radius 2 is 1.88 bits per heavy atom. The molecule has 0 saturated heterocycles. The number of oxazole rings is 1. The van der Waals surface area contributed by atoms with Gasteiger partial charge in [-0.2, -0.15) is 0 Å². The number of hydrogen-bond donors (Lipinski definition) is 0. The van der Waals surface area contributed by atoms with Gasteiger partial charge in [-0.3, -0.25) is 4.79 Å². The fourth-order valence-corrected chi connectivity index (χ4v) is 3.52. The number of nitrogens with zero attached hydrogens (tertiary/aromatic N) is 2. The lowest BCUT2D eigenvalue weighted by atomic mass is 9.99. The lowest BCUT2D eigenvalue weighted by Gasteiger charge is -2.28. The molecular formula is C21H19ClN2O2. The van der Waals surface area contributed by atoms with Crippen molar-refractivity contribution >= 4 is 17.5 Å². The van der Waals surface area contributed by atoms with Crippen LogP contribution >= 0.6 is 11.6 Å². The number of amides is 1. The molecule has 5 heteroatoms. The zero-order valence-electron chi connectivity index (χ0n) is 14.3. The molecule has 0 spiro atoms. The Balaban J connectivity index is 1.38. The lowest BCUT2D eigenvalue weighted by molar-refractivity contribution is -0.132. The molecule has 2 heterocycles. The van der Waals surface area contributed by atoms with Crippen LogP contribution in [0.25, 0.3) is 11.3 Å². The normalized spacial score (nSPS) is 13.5. The molecule has 0 atom stereocenters. The highest BCUT2D eigenvalue weighted by atomic mass is 35.5. The summed E-state index contributed by atoms with van der Waals surface area (Å²) >= 11 is 6.19. The summed E-state index contributed by atoms with van der Waals surface area (Å²) in [7, 11) is 0. The van der Waals surface area contributed by atoms with Crippen molar-refractivity contribution in [2.24, 2.45) is 0 Å². The van der Waals surface area contributed by atoms with Crippen LogP contribution in [0.3, 0.4) is 0 Å². The van der Waals surface area contributed by atoms with Crippen LogP contribution in [-0.2, 0) is 24.2 Å². The average Bonchev–Trinajstić information content (AvgIpc) is 3.15. The van der Waals surface area contributed by atoms with Crippen LogP contribution in [0.4, 0.5) is 0 Å². The van der Waals surface area contributed by atoms with E-state index in [2.05, 4.69) is 23.2 Å². The second kappa shape index (κ2) is 7.34. The van der Waals surface area contributed by atoms with Crippen LogP contribution in [0.15, 0.2) is 59.1 Å². The van der Waals surface area contributed by atoms with Crippen molar-refractivity contribution in [1.29, 1.82) is 0 Å². The quantitative estimate of drug-likeness (QED) is 0.682. The third kappa shape index (κ3) is 3.51. The molecule has 0 radical (unpaired) electrons. The number of fused-ring (bicyclic) bond motifs is 1. The summed E-state index contributed by atoms with van der Waals surface area (Å²) in [5.41, 5.74) is 3.39. The number of aromatic nitrogens is 1. The molecule has 1 aromatic heterocycles. The molecule has 1 aliphatic rings. The van der Waals surface area contributed by atoms with E-state index in [9.17, 15) is 4.79 Å². The largest absolute Gasteiger partial charge is 0.441 e. The summed E-state index contributed by atoms with van der Waals surface area (Å²) in [5, 5.41) is 0.623. The minimum atomic E-state index is 0.136. The van der Waals surface area contributed by atoms with Gasteiger partial charge in [-0.15, -0.1) is 0 Å². The van der Waals surface area contributed by atoms with Gasteiger partial charge in [-0.1, -0.05) is 48.0 Å². The molecule has 1 aliphatic heterocycles. The van der Waals surface area contributed by atoms with Gasteiger partial charge in [0.2, 0.25) is 5.91 Å². The monoisotopic (exact) mass is 366 g/mol. The van der Waals surface area contributed by atoms with E-state index in [0.29, 0.717) is 36.1 Å². The van der Waals surface area contributed by atoms with E-state index < -0.39 is 0 Å². The molecule has 0 saturated carbocycles. The first-order valence-corrected chi connectivity index (χ1v) is 9.12. The number of halogens is 1. The smallest absolute Gasteiger partial charge is 0.223 e. The number of hydrogen-bond acceptors (Lipinski definition) is 3. The zero-order valence-corrected chi connectivity index (χ0v) is 15.1. The van der Waals surface area contributed by atoms with Gasteiger partial charge in [-0.05, 0) is 29.7 Å². The Morgan fingerprint density at radius 1 is 1.12 bits per heavy atom. The summed E-state index contributed by atoms with van der Waals surface area (Å²) in [6, 6.07) is 15.8. The van der Waals surface area contributed by atoms with E-state index >= 15 is 0 Å². The van der Waals surface area contributed by atoms with Crippen LogP contribution in [0.5, 0.6) is 0 Å². The van der Waals surface area contributed by atoms with Gasteiger partial charge in [0.05, 0.1) is 11.2 Å². The van der Waals surface area contributed by atoms with Gasteiger partial charge in [0.15, 0.2) is 11.7 Å². The first kappa shape index (κ1) is 16.9. The molecule has 0 aliphatic carbocycles. The topological polar surface area (TPSA) is 46.3 Å². The van der Waals surface area contributed by atoms with E-state index in [1.54, 1.807) is 6.20 Å². The van der Waals surface area contributed by atoms with Crippen molar-refractivity contribution in [2.75, 3.05) is 6.54 Å². The molecule has 1 amide bonds. The predicted molar refractivity (Wildman–Crippen MR) is 101 cm³/mol. The molecule has 0 bridgehead atoms. The molecule has 2 aromatic carbocycles. The third-order valence-corrected chi connectivity index (χ3v) is 5.06. The molecule has 0 unspecified atom stereocenters. The number of benzene rings is 2. The summed E-state index contributed by atoms with van der Waals surface area (Å²) < 4.78 is 5.78. The van der Waals surface area contributed by atoms with E-state index in [-0.39, 0.29) is 5.91 Å². The standard InChI is InChI=1S/C21H19ClN2O2/c22-18-8-4-3-7-17(18)19-13-23-20(26-19)9-10-21(25)24-12-11-15-5-1-2-6-16(15)14-24/h1-8,13H,9-12,14H2. The maximum atomic E-state index is 12.5. The summed E-state index contributed by atoms with van der Waals surface area (Å²) in [6.07, 6.45) is 3.46. The Morgan fingerprint density at radius 3 is 2.73 bits per heavy atom. The van der Waals surface area contributed by atoms with Crippen molar-refractivity contribution in [2.45, 2.75) is 25.8 Å². The minimum absolute atomic E-state index is 0.136. The third-order valence-electron chi connectivity index (χ3n) is 4.73. The molecule has 4 nitrogen and oxygen atoms in total. The number of carbonyl (C=O) groups excluding carboxylic acids is 1. The van der Waals surface area contributed by atoms with Crippen LogP contribution in [0, 0.1) is 0 Å². The molecule has 132 valence electrons. The molecule has 26 heavy (non-hydrogen) atoms. The first-order chi connectivity index (χ1) is 12.7. The molecule has 4 rings (SSSR count). The Hall–Kier alpha value is -2.59. The van der Waals surface area contributed by atoms with E-state index in [1.165, 1.54) is 11.1 Å². The minimum Gasteiger partial charge on any atom is -0.441 e. The Bertz CT molecular complexity index is 935. The van der Waals surface area contributed by atoms with Crippen molar-refractivity contribution in [3.63, 3.8) is 0 Å². The van der Waals surface area contributed by atoms with E-state index in [4.69, 9.17) is 16.0 Å². The number of rotatable bonds is 4. The molecule has 0 fully saturated rings. The number of aryl methyl sites for hydroxylation is 1. The zero-order chi connectivity index (χ0) is 17.9. The fourth-order valence-electron chi connectivity index (χ4n) is 3.29. The van der Waals surface area contributed by atoms with E-state index in [0.717, 1.165) is 18.5 Å². The van der Waals surface area contributed by atoms with Crippen molar-refractivity contribution in [1.82, 2.24) is 9.88 Å². The van der Waals surface area contributed by atoms with Gasteiger partial charge in [0, 0.05) is 31.5 Å². The van der Waals surface area contributed by atoms with Gasteiger partial charge >= 0.3 is 0 Å². The lowest BCUT2D eigenvalue weighted by Crippen LogP contribution is -2.36. The van der Waals surface area contributed by atoms with Crippen molar-refractivity contribution in [3.05, 3.63) is 76.8 Å². The second-order valence-electron chi connectivity index (χ2n) is 6.43. The first-order valence-electron chi connectivity index (χ1n) is 8.75. The maximum Gasteiger partial charge on any atom is 0.223 e. The van der Waals surface area contributed by atoms with Gasteiger partial charge < -0.3 is 9.32 Å². The second-order valence-corrected chi connectivity index (χ2v) is 6.84. The molecular weight excluding hydrogens is 348 g/mol. The van der Waals surface area contributed by atoms with Gasteiger partial charge in [0.25, 0.3) is 0 Å². The van der Waals surface area contributed by atoms with Crippen molar-refractivity contribution < 1.29 is 9.21 Å². The van der Waals surface area contributed by atoms with Crippen LogP contribution < -0.4 is 0 Å². The average molecular weight is 367 g/mol. The highest BCUT2D eigenvalue weighted by Crippen LogP contribution is 2.28. The van der Waals surface area contributed by atoms with Crippen LogP contribution in [-0.4, -0.2) is 22.3 Å². The highest BCUT2D eigenvalue weighted by Gasteiger charge is 2.20.